The molecule has 1 aromatic heterocycles. The van der Waals surface area contributed by atoms with Crippen LogP contribution in [0, 0.1) is 11.8 Å². The lowest BCUT2D eigenvalue weighted by atomic mass is 9.81. The summed E-state index contributed by atoms with van der Waals surface area (Å²) in [6, 6.07) is 22.6. The van der Waals surface area contributed by atoms with Crippen LogP contribution in [-0.4, -0.2) is 0 Å². The number of hydrogen-bond donors (Lipinski definition) is 1. The number of fused-ring (bicyclic) bond motifs is 6. The van der Waals surface area contributed by atoms with Gasteiger partial charge in [-0.05, 0) is 78.8 Å². The highest BCUT2D eigenvalue weighted by molar-refractivity contribution is 7.25. The molecule has 4 aromatic rings. The molecule has 2 saturated carbocycles. The van der Waals surface area contributed by atoms with Crippen LogP contribution < -0.4 is 15.8 Å². The summed E-state index contributed by atoms with van der Waals surface area (Å²) in [5, 5.41) is 9.61. The molecular formula is C29H27NS. The van der Waals surface area contributed by atoms with Gasteiger partial charge in [-0.2, -0.15) is 0 Å². The first-order chi connectivity index (χ1) is 15.3. The standard InChI is InChI=1S/C29H27NS/c1-2-12-27-23(6-1)29-26(11-5-13-28(29)31-27)30-25-10-4-8-20-21(7-3-9-22(20)25)24-17-18-14-15-19(24)16-18/h1-3,5-9,11-13,18-19,24,30H,4,10,14-17H2. The van der Waals surface area contributed by atoms with E-state index < -0.39 is 0 Å². The summed E-state index contributed by atoms with van der Waals surface area (Å²) in [6.07, 6.45) is 10.5. The summed E-state index contributed by atoms with van der Waals surface area (Å²) in [5.41, 5.74) is 4.27. The summed E-state index contributed by atoms with van der Waals surface area (Å²) >= 11 is 1.89. The Kier molecular flexibility index (Phi) is 4.05. The first-order valence-electron chi connectivity index (χ1n) is 11.8. The summed E-state index contributed by atoms with van der Waals surface area (Å²) < 4.78 is 2.73. The van der Waals surface area contributed by atoms with Gasteiger partial charge in [0, 0.05) is 36.8 Å². The van der Waals surface area contributed by atoms with Gasteiger partial charge in [0.05, 0.1) is 0 Å². The molecule has 2 bridgehead atoms. The Hall–Kier alpha value is -2.58. The third-order valence-corrected chi connectivity index (χ3v) is 9.17. The molecule has 7 rings (SSSR count). The number of thiophene rings is 1. The van der Waals surface area contributed by atoms with E-state index in [1.165, 1.54) is 67.7 Å². The monoisotopic (exact) mass is 421 g/mol. The van der Waals surface area contributed by atoms with Crippen LogP contribution in [0.2, 0.25) is 0 Å². The second kappa shape index (κ2) is 6.97. The summed E-state index contributed by atoms with van der Waals surface area (Å²) in [6.45, 7) is 0. The fraction of sp³-hybridized carbons (Fsp3) is 0.310. The van der Waals surface area contributed by atoms with E-state index in [2.05, 4.69) is 72.1 Å². The Balaban J connectivity index is 1.38. The van der Waals surface area contributed by atoms with Gasteiger partial charge in [-0.25, -0.2) is 0 Å². The smallest absolute Gasteiger partial charge is 0.0476 e. The highest BCUT2D eigenvalue weighted by Crippen LogP contribution is 2.52. The van der Waals surface area contributed by atoms with Crippen molar-refractivity contribution < 1.29 is 0 Å². The average Bonchev–Trinajstić information content (AvgIpc) is 3.53. The molecule has 0 radical (unpaired) electrons. The molecule has 3 aliphatic carbocycles. The van der Waals surface area contributed by atoms with E-state index >= 15 is 0 Å². The van der Waals surface area contributed by atoms with Crippen molar-refractivity contribution in [2.75, 3.05) is 5.32 Å². The third-order valence-electron chi connectivity index (χ3n) is 8.03. The van der Waals surface area contributed by atoms with Crippen molar-refractivity contribution in [3.05, 3.63) is 76.7 Å². The van der Waals surface area contributed by atoms with Crippen molar-refractivity contribution in [1.82, 2.24) is 0 Å². The van der Waals surface area contributed by atoms with E-state index in [1.807, 2.05) is 11.3 Å². The minimum Gasteiger partial charge on any atom is -0.358 e. The predicted molar refractivity (Wildman–Crippen MR) is 134 cm³/mol. The normalized spacial score (nSPS) is 24.5. The number of nitrogens with one attached hydrogen (secondary N) is 1. The number of hydrogen-bond acceptors (Lipinski definition) is 2. The molecule has 3 aliphatic rings. The highest BCUT2D eigenvalue weighted by atomic mass is 32.1. The van der Waals surface area contributed by atoms with E-state index in [0.29, 0.717) is 0 Å². The second-order valence-corrected chi connectivity index (χ2v) is 10.8. The zero-order chi connectivity index (χ0) is 20.4. The minimum absolute atomic E-state index is 0.786. The number of rotatable bonds is 3. The fourth-order valence-corrected chi connectivity index (χ4v) is 7.82. The predicted octanol–water partition coefficient (Wildman–Crippen LogP) is 6.75. The Morgan fingerprint density at radius 2 is 1.74 bits per heavy atom. The lowest BCUT2D eigenvalue weighted by Crippen LogP contribution is -2.36. The van der Waals surface area contributed by atoms with Crippen LogP contribution in [-0.2, 0) is 0 Å². The fourth-order valence-electron chi connectivity index (χ4n) is 6.69. The quantitative estimate of drug-likeness (QED) is 0.386. The first kappa shape index (κ1) is 18.0. The van der Waals surface area contributed by atoms with Crippen LogP contribution in [0.1, 0.15) is 50.0 Å². The van der Waals surface area contributed by atoms with Gasteiger partial charge in [0.2, 0.25) is 0 Å². The topological polar surface area (TPSA) is 12.0 Å². The van der Waals surface area contributed by atoms with Gasteiger partial charge < -0.3 is 5.32 Å². The largest absolute Gasteiger partial charge is 0.358 e. The zero-order valence-electron chi connectivity index (χ0n) is 17.7. The van der Waals surface area contributed by atoms with Crippen molar-refractivity contribution in [3.8, 4) is 0 Å². The average molecular weight is 422 g/mol. The molecule has 3 aromatic carbocycles. The van der Waals surface area contributed by atoms with Crippen molar-refractivity contribution >= 4 is 49.0 Å². The summed E-state index contributed by atoms with van der Waals surface area (Å²) in [4.78, 5) is 0. The third kappa shape index (κ3) is 2.81. The lowest BCUT2D eigenvalue weighted by Gasteiger charge is -2.24. The molecule has 0 amide bonds. The van der Waals surface area contributed by atoms with Gasteiger partial charge in [0.1, 0.15) is 0 Å². The van der Waals surface area contributed by atoms with E-state index in [4.69, 9.17) is 0 Å². The van der Waals surface area contributed by atoms with Crippen LogP contribution in [0.4, 0.5) is 5.69 Å². The molecule has 2 heteroatoms. The van der Waals surface area contributed by atoms with Gasteiger partial charge in [0.25, 0.3) is 0 Å². The number of anilines is 1. The molecule has 1 N–H and O–H groups in total. The molecule has 0 saturated heterocycles. The number of benzene rings is 3. The van der Waals surface area contributed by atoms with Crippen LogP contribution in [0.25, 0.3) is 31.9 Å². The van der Waals surface area contributed by atoms with Crippen molar-refractivity contribution in [1.29, 1.82) is 0 Å². The second-order valence-electron chi connectivity index (χ2n) is 9.71. The van der Waals surface area contributed by atoms with Crippen LogP contribution in [0.3, 0.4) is 0 Å². The Morgan fingerprint density at radius 1 is 0.839 bits per heavy atom. The maximum Gasteiger partial charge on any atom is 0.0476 e. The molecule has 1 heterocycles. The van der Waals surface area contributed by atoms with Gasteiger partial charge in [-0.3, -0.25) is 0 Å². The summed E-state index contributed by atoms with van der Waals surface area (Å²) in [5.74, 6) is 2.70. The van der Waals surface area contributed by atoms with Crippen molar-refractivity contribution in [3.63, 3.8) is 0 Å². The molecule has 3 unspecified atom stereocenters. The van der Waals surface area contributed by atoms with Crippen molar-refractivity contribution in [2.24, 2.45) is 11.8 Å². The Bertz CT molecular complexity index is 1440. The first-order valence-corrected chi connectivity index (χ1v) is 12.7. The van der Waals surface area contributed by atoms with Crippen molar-refractivity contribution in [2.45, 2.75) is 44.4 Å². The highest BCUT2D eigenvalue weighted by Gasteiger charge is 2.40. The minimum atomic E-state index is 0.786. The molecule has 31 heavy (non-hydrogen) atoms. The molecule has 0 aliphatic heterocycles. The van der Waals surface area contributed by atoms with Gasteiger partial charge in [-0.1, -0.05) is 55.0 Å². The lowest BCUT2D eigenvalue weighted by molar-refractivity contribution is 0.418. The molecular weight excluding hydrogens is 394 g/mol. The van der Waals surface area contributed by atoms with Gasteiger partial charge in [-0.15, -0.1) is 11.3 Å². The van der Waals surface area contributed by atoms with Crippen LogP contribution in [0.15, 0.2) is 60.7 Å². The van der Waals surface area contributed by atoms with Gasteiger partial charge in [0.15, 0.2) is 0 Å². The van der Waals surface area contributed by atoms with E-state index in [-0.39, 0.29) is 0 Å². The molecule has 1 nitrogen and oxygen atoms in total. The maximum absolute atomic E-state index is 3.91. The van der Waals surface area contributed by atoms with Gasteiger partial charge >= 0.3 is 0 Å². The molecule has 0 spiro atoms. The Labute approximate surface area is 187 Å². The Morgan fingerprint density at radius 3 is 2.65 bits per heavy atom. The zero-order valence-corrected chi connectivity index (χ0v) is 18.6. The van der Waals surface area contributed by atoms with E-state index in [1.54, 1.807) is 5.56 Å². The van der Waals surface area contributed by atoms with Crippen LogP contribution in [0.5, 0.6) is 0 Å². The SMILES string of the molecule is C1=c2c(C3CC4CCC3C4)cccc2=C(Nc2cccc3sc4ccccc4c23)CC1. The summed E-state index contributed by atoms with van der Waals surface area (Å²) in [7, 11) is 0. The molecule has 154 valence electrons. The van der Waals surface area contributed by atoms with Crippen LogP contribution >= 0.6 is 11.3 Å². The molecule has 2 fully saturated rings. The molecule has 3 atom stereocenters. The van der Waals surface area contributed by atoms with E-state index in [0.717, 1.165) is 30.6 Å². The van der Waals surface area contributed by atoms with E-state index in [9.17, 15) is 0 Å². The maximum atomic E-state index is 3.91.